The average molecular weight is 327 g/mol. The van der Waals surface area contributed by atoms with E-state index in [0.717, 1.165) is 32.5 Å². The van der Waals surface area contributed by atoms with Crippen LogP contribution in [0.15, 0.2) is 0 Å². The largest absolute Gasteiger partial charge is 0.444 e. The zero-order valence-corrected chi connectivity index (χ0v) is 15.5. The third-order valence-electron chi connectivity index (χ3n) is 4.11. The first kappa shape index (κ1) is 19.7. The van der Waals surface area contributed by atoms with Crippen molar-refractivity contribution in [2.24, 2.45) is 11.3 Å². The molecule has 0 aliphatic carbocycles. The minimum absolute atomic E-state index is 0.0461. The van der Waals surface area contributed by atoms with E-state index in [9.17, 15) is 9.59 Å². The Bertz CT molecular complexity index is 408. The van der Waals surface area contributed by atoms with E-state index in [-0.39, 0.29) is 12.0 Å². The number of amides is 2. The summed E-state index contributed by atoms with van der Waals surface area (Å²) in [6.45, 7) is 12.5. The summed E-state index contributed by atoms with van der Waals surface area (Å²) in [6.07, 6.45) is 1.71. The molecule has 6 heteroatoms. The first-order valence-electron chi connectivity index (χ1n) is 8.46. The van der Waals surface area contributed by atoms with E-state index in [1.807, 2.05) is 34.6 Å². The molecule has 0 saturated carbocycles. The van der Waals surface area contributed by atoms with Crippen molar-refractivity contribution in [2.75, 3.05) is 33.2 Å². The molecule has 0 aromatic rings. The average Bonchev–Trinajstić information content (AvgIpc) is 2.45. The minimum Gasteiger partial charge on any atom is -0.444 e. The van der Waals surface area contributed by atoms with Gasteiger partial charge in [0.1, 0.15) is 5.60 Å². The van der Waals surface area contributed by atoms with Gasteiger partial charge in [0.2, 0.25) is 5.91 Å². The molecule has 0 radical (unpaired) electrons. The van der Waals surface area contributed by atoms with Crippen LogP contribution in [0.1, 0.15) is 47.5 Å². The Balaban J connectivity index is 2.29. The van der Waals surface area contributed by atoms with Crippen LogP contribution < -0.4 is 10.6 Å². The maximum absolute atomic E-state index is 12.0. The lowest BCUT2D eigenvalue weighted by Gasteiger charge is -2.34. The van der Waals surface area contributed by atoms with Crippen LogP contribution in [0.5, 0.6) is 0 Å². The fraction of sp³-hybridized carbons (Fsp3) is 0.882. The Morgan fingerprint density at radius 3 is 2.17 bits per heavy atom. The summed E-state index contributed by atoms with van der Waals surface area (Å²) in [7, 11) is 1.66. The third kappa shape index (κ3) is 6.77. The van der Waals surface area contributed by atoms with E-state index in [4.69, 9.17) is 4.74 Å². The zero-order valence-electron chi connectivity index (χ0n) is 15.5. The number of rotatable bonds is 5. The number of nitrogens with zero attached hydrogens (tertiary/aromatic N) is 1. The van der Waals surface area contributed by atoms with Crippen molar-refractivity contribution in [3.05, 3.63) is 0 Å². The second-order valence-corrected chi connectivity index (χ2v) is 8.00. The summed E-state index contributed by atoms with van der Waals surface area (Å²) >= 11 is 0. The van der Waals surface area contributed by atoms with E-state index in [1.165, 1.54) is 0 Å². The van der Waals surface area contributed by atoms with Crippen molar-refractivity contribution in [3.8, 4) is 0 Å². The molecule has 1 fully saturated rings. The van der Waals surface area contributed by atoms with Gasteiger partial charge in [-0.2, -0.15) is 0 Å². The Morgan fingerprint density at radius 1 is 1.13 bits per heavy atom. The highest BCUT2D eigenvalue weighted by atomic mass is 16.6. The SMILES string of the molecule is CNC(=O)C(C)(C)CNCC1CCN(C(=O)OC(C)(C)C)CC1. The molecule has 1 saturated heterocycles. The molecule has 0 unspecified atom stereocenters. The smallest absolute Gasteiger partial charge is 0.410 e. The van der Waals surface area contributed by atoms with Gasteiger partial charge < -0.3 is 20.3 Å². The summed E-state index contributed by atoms with van der Waals surface area (Å²) in [6, 6.07) is 0. The highest BCUT2D eigenvalue weighted by Gasteiger charge is 2.28. The second kappa shape index (κ2) is 7.99. The molecule has 134 valence electrons. The Hall–Kier alpha value is -1.30. The Labute approximate surface area is 140 Å². The molecule has 0 bridgehead atoms. The lowest BCUT2D eigenvalue weighted by atomic mass is 9.91. The van der Waals surface area contributed by atoms with Crippen molar-refractivity contribution < 1.29 is 14.3 Å². The van der Waals surface area contributed by atoms with Crippen LogP contribution in [-0.2, 0) is 9.53 Å². The van der Waals surface area contributed by atoms with Crippen LogP contribution in [0, 0.1) is 11.3 Å². The molecule has 1 rings (SSSR count). The Kier molecular flexibility index (Phi) is 6.86. The van der Waals surface area contributed by atoms with Gasteiger partial charge in [0.25, 0.3) is 0 Å². The number of piperidine rings is 1. The van der Waals surface area contributed by atoms with Crippen molar-refractivity contribution >= 4 is 12.0 Å². The van der Waals surface area contributed by atoms with Crippen LogP contribution in [0.25, 0.3) is 0 Å². The van der Waals surface area contributed by atoms with Gasteiger partial charge >= 0.3 is 6.09 Å². The molecular weight excluding hydrogens is 294 g/mol. The van der Waals surface area contributed by atoms with Crippen molar-refractivity contribution in [1.29, 1.82) is 0 Å². The molecule has 1 heterocycles. The van der Waals surface area contributed by atoms with Gasteiger partial charge in [-0.05, 0) is 59.9 Å². The van der Waals surface area contributed by atoms with E-state index < -0.39 is 11.0 Å². The van der Waals surface area contributed by atoms with Crippen molar-refractivity contribution in [3.63, 3.8) is 0 Å². The number of ether oxygens (including phenoxy) is 1. The summed E-state index contributed by atoms with van der Waals surface area (Å²) in [5.74, 6) is 0.582. The van der Waals surface area contributed by atoms with E-state index in [1.54, 1.807) is 11.9 Å². The van der Waals surface area contributed by atoms with Crippen LogP contribution in [0.4, 0.5) is 4.79 Å². The molecule has 0 aromatic carbocycles. The molecular formula is C17H33N3O3. The topological polar surface area (TPSA) is 70.7 Å². The predicted octanol–water partition coefficient (Wildman–Crippen LogP) is 2.00. The molecule has 1 aliphatic rings. The summed E-state index contributed by atoms with van der Waals surface area (Å²) < 4.78 is 5.40. The third-order valence-corrected chi connectivity index (χ3v) is 4.11. The highest BCUT2D eigenvalue weighted by Crippen LogP contribution is 2.20. The summed E-state index contributed by atoms with van der Waals surface area (Å²) in [5.41, 5.74) is -0.854. The molecule has 0 aromatic heterocycles. The van der Waals surface area contributed by atoms with E-state index in [2.05, 4.69) is 10.6 Å². The molecule has 1 aliphatic heterocycles. The van der Waals surface area contributed by atoms with Crippen LogP contribution in [0.2, 0.25) is 0 Å². The summed E-state index contributed by atoms with van der Waals surface area (Å²) in [5, 5.41) is 6.09. The van der Waals surface area contributed by atoms with Gasteiger partial charge in [-0.1, -0.05) is 0 Å². The van der Waals surface area contributed by atoms with Gasteiger partial charge in [-0.15, -0.1) is 0 Å². The fourth-order valence-electron chi connectivity index (χ4n) is 2.65. The standard InChI is InChI=1S/C17H33N3O3/c1-16(2,3)23-15(22)20-9-7-13(8-10-20)11-19-12-17(4,5)14(21)18-6/h13,19H,7-12H2,1-6H3,(H,18,21). The van der Waals surface area contributed by atoms with Crippen LogP contribution >= 0.6 is 0 Å². The molecule has 0 atom stereocenters. The normalized spacial score (nSPS) is 17.0. The number of carbonyl (C=O) groups excluding carboxylic acids is 2. The zero-order chi connectivity index (χ0) is 17.7. The number of hydrogen-bond donors (Lipinski definition) is 2. The van der Waals surface area contributed by atoms with Crippen molar-refractivity contribution in [1.82, 2.24) is 15.5 Å². The van der Waals surface area contributed by atoms with Gasteiger partial charge in [-0.3, -0.25) is 4.79 Å². The van der Waals surface area contributed by atoms with Crippen LogP contribution in [0.3, 0.4) is 0 Å². The van der Waals surface area contributed by atoms with Gasteiger partial charge in [0.15, 0.2) is 0 Å². The predicted molar refractivity (Wildman–Crippen MR) is 91.2 cm³/mol. The highest BCUT2D eigenvalue weighted by molar-refractivity contribution is 5.81. The number of carbonyl (C=O) groups is 2. The molecule has 6 nitrogen and oxygen atoms in total. The van der Waals surface area contributed by atoms with Gasteiger partial charge in [-0.25, -0.2) is 4.79 Å². The molecule has 2 amide bonds. The lowest BCUT2D eigenvalue weighted by molar-refractivity contribution is -0.128. The molecule has 2 N–H and O–H groups in total. The molecule has 23 heavy (non-hydrogen) atoms. The van der Waals surface area contributed by atoms with E-state index >= 15 is 0 Å². The Morgan fingerprint density at radius 2 is 1.70 bits per heavy atom. The first-order chi connectivity index (χ1) is 10.5. The maximum Gasteiger partial charge on any atom is 0.410 e. The maximum atomic E-state index is 12.0. The number of likely N-dealkylation sites (tertiary alicyclic amines) is 1. The van der Waals surface area contributed by atoms with Gasteiger partial charge in [0, 0.05) is 26.7 Å². The van der Waals surface area contributed by atoms with Gasteiger partial charge in [0.05, 0.1) is 5.41 Å². The first-order valence-corrected chi connectivity index (χ1v) is 8.46. The second-order valence-electron chi connectivity index (χ2n) is 8.00. The van der Waals surface area contributed by atoms with E-state index in [0.29, 0.717) is 12.5 Å². The summed E-state index contributed by atoms with van der Waals surface area (Å²) in [4.78, 5) is 25.5. The van der Waals surface area contributed by atoms with Crippen molar-refractivity contribution in [2.45, 2.75) is 53.1 Å². The fourth-order valence-corrected chi connectivity index (χ4v) is 2.65. The number of hydrogen-bond acceptors (Lipinski definition) is 4. The monoisotopic (exact) mass is 327 g/mol. The molecule has 0 spiro atoms. The quantitative estimate of drug-likeness (QED) is 0.810. The lowest BCUT2D eigenvalue weighted by Crippen LogP contribution is -2.45. The van der Waals surface area contributed by atoms with Crippen LogP contribution in [-0.4, -0.2) is 55.7 Å². The minimum atomic E-state index is -0.444. The number of nitrogens with one attached hydrogen (secondary N) is 2.